The van der Waals surface area contributed by atoms with Crippen molar-refractivity contribution in [2.24, 2.45) is 4.99 Å². The highest BCUT2D eigenvalue weighted by atomic mass is 19.1. The first-order valence-electron chi connectivity index (χ1n) is 18.1. The number of hydrogen-bond donors (Lipinski definition) is 0. The second kappa shape index (κ2) is 14.8. The first kappa shape index (κ1) is 34.4. The summed E-state index contributed by atoms with van der Waals surface area (Å²) in [7, 11) is 0. The molecule has 0 aliphatic heterocycles. The van der Waals surface area contributed by atoms with Gasteiger partial charge in [-0.2, -0.15) is 0 Å². The molecule has 0 unspecified atom stereocenters. The van der Waals surface area contributed by atoms with Crippen LogP contribution >= 0.6 is 0 Å². The van der Waals surface area contributed by atoms with E-state index in [-0.39, 0.29) is 11.4 Å². The summed E-state index contributed by atoms with van der Waals surface area (Å²) >= 11 is 0. The number of halogens is 2. The summed E-state index contributed by atoms with van der Waals surface area (Å²) in [4.78, 5) is 32.9. The van der Waals surface area contributed by atoms with E-state index in [1.165, 1.54) is 12.1 Å². The number of aliphatic imine (C=N–C) groups is 1. The van der Waals surface area contributed by atoms with E-state index in [2.05, 4.69) is 45.8 Å². The van der Waals surface area contributed by atoms with Crippen molar-refractivity contribution in [2.75, 3.05) is 0 Å². The Bertz CT molecular complexity index is 2940. The molecule has 268 valence electrons. The van der Waals surface area contributed by atoms with Crippen LogP contribution in [0, 0.1) is 11.6 Å². The van der Waals surface area contributed by atoms with Crippen molar-refractivity contribution >= 4 is 44.6 Å². The van der Waals surface area contributed by atoms with Gasteiger partial charge in [0.05, 0.1) is 22.2 Å². The van der Waals surface area contributed by atoms with Crippen LogP contribution < -0.4 is 0 Å². The van der Waals surface area contributed by atoms with Crippen LogP contribution in [0.2, 0.25) is 0 Å². The minimum absolute atomic E-state index is 0.154. The fourth-order valence-electron chi connectivity index (χ4n) is 6.92. The number of allylic oxidation sites excluding steroid dienone is 1. The number of benzene rings is 5. The van der Waals surface area contributed by atoms with Gasteiger partial charge in [-0.1, -0.05) is 91.0 Å². The first-order chi connectivity index (χ1) is 27.5. The lowest BCUT2D eigenvalue weighted by Crippen LogP contribution is -2.01. The number of rotatable bonds is 9. The maximum atomic E-state index is 14.5. The zero-order valence-corrected chi connectivity index (χ0v) is 29.9. The molecule has 4 aromatic heterocycles. The summed E-state index contributed by atoms with van der Waals surface area (Å²) < 4.78 is 28.9. The minimum Gasteiger partial charge on any atom is -0.258 e. The van der Waals surface area contributed by atoms with Gasteiger partial charge in [-0.25, -0.2) is 23.7 Å². The summed E-state index contributed by atoms with van der Waals surface area (Å²) in [5.74, 6) is -0.550. The Labute approximate surface area is 320 Å². The lowest BCUT2D eigenvalue weighted by molar-refractivity contribution is 0.584. The van der Waals surface area contributed by atoms with Gasteiger partial charge in [0.2, 0.25) is 0 Å². The van der Waals surface area contributed by atoms with Crippen molar-refractivity contribution in [1.82, 2.24) is 29.9 Å². The first-order valence-corrected chi connectivity index (χ1v) is 18.1. The molecule has 0 aliphatic rings. The van der Waals surface area contributed by atoms with E-state index < -0.39 is 11.6 Å². The zero-order valence-electron chi connectivity index (χ0n) is 29.9. The van der Waals surface area contributed by atoms with Crippen LogP contribution in [-0.2, 0) is 6.42 Å². The van der Waals surface area contributed by atoms with E-state index in [0.29, 0.717) is 30.1 Å². The molecule has 4 heterocycles. The van der Waals surface area contributed by atoms with Gasteiger partial charge >= 0.3 is 0 Å². The van der Waals surface area contributed by atoms with E-state index in [9.17, 15) is 8.78 Å². The maximum Gasteiger partial charge on any atom is 0.164 e. The van der Waals surface area contributed by atoms with Crippen LogP contribution in [0.3, 0.4) is 0 Å². The molecule has 0 radical (unpaired) electrons. The number of aromatic nitrogens is 6. The van der Waals surface area contributed by atoms with Crippen LogP contribution in [0.1, 0.15) is 17.5 Å². The second-order valence-electron chi connectivity index (χ2n) is 13.3. The Morgan fingerprint density at radius 2 is 1.14 bits per heavy atom. The van der Waals surface area contributed by atoms with Crippen molar-refractivity contribution in [2.45, 2.75) is 12.8 Å². The molecule has 7 nitrogen and oxygen atoms in total. The average Bonchev–Trinajstić information content (AvgIpc) is 3.24. The van der Waals surface area contributed by atoms with Crippen molar-refractivity contribution in [3.05, 3.63) is 175 Å². The van der Waals surface area contributed by atoms with E-state index in [4.69, 9.17) is 19.9 Å². The smallest absolute Gasteiger partial charge is 0.164 e. The molecule has 5 aromatic carbocycles. The van der Waals surface area contributed by atoms with Gasteiger partial charge in [-0.05, 0) is 59.0 Å². The normalized spacial score (nSPS) is 11.5. The molecule has 0 aliphatic carbocycles. The summed E-state index contributed by atoms with van der Waals surface area (Å²) in [5, 5.41) is 3.03. The molecular weight excluding hydrogens is 701 g/mol. The topological polar surface area (TPSA) is 89.7 Å². The summed E-state index contributed by atoms with van der Waals surface area (Å²) in [6.07, 6.45) is 10.3. The molecule has 0 saturated heterocycles. The molecule has 0 spiro atoms. The third-order valence-electron chi connectivity index (χ3n) is 9.62. The minimum atomic E-state index is -0.720. The summed E-state index contributed by atoms with van der Waals surface area (Å²) in [6.45, 7) is 3.80. The fraction of sp³-hybridized carbons (Fsp3) is 0.0426. The number of hydrogen-bond acceptors (Lipinski definition) is 7. The van der Waals surface area contributed by atoms with Gasteiger partial charge in [0, 0.05) is 70.1 Å². The summed E-state index contributed by atoms with van der Waals surface area (Å²) in [6, 6.07) is 37.2. The number of nitrogens with zero attached hydrogens (tertiary/aromatic N) is 7. The Balaban J connectivity index is 1.08. The quantitative estimate of drug-likeness (QED) is 0.0834. The van der Waals surface area contributed by atoms with Crippen molar-refractivity contribution in [3.63, 3.8) is 0 Å². The van der Waals surface area contributed by atoms with E-state index >= 15 is 0 Å². The monoisotopic (exact) mass is 731 g/mol. The van der Waals surface area contributed by atoms with E-state index in [0.717, 1.165) is 72.3 Å². The van der Waals surface area contributed by atoms with Crippen LogP contribution in [0.25, 0.3) is 78.0 Å². The maximum absolute atomic E-state index is 14.5. The lowest BCUT2D eigenvalue weighted by Gasteiger charge is -2.11. The molecular formula is C47H31F2N7. The van der Waals surface area contributed by atoms with Crippen molar-refractivity contribution in [3.8, 4) is 45.3 Å². The molecule has 0 amide bonds. The van der Waals surface area contributed by atoms with E-state index in [1.54, 1.807) is 18.6 Å². The Morgan fingerprint density at radius 1 is 0.554 bits per heavy atom. The molecule has 9 heteroatoms. The SMILES string of the molecule is C=CCC=Nc1c(Cc2ccc(-c3nc(-c4ccc(-c5ccnc6c5ccc5cccnc56)cc4)nc(-c4cc(F)cc(F)c4)n3)cc2)ccc2cccnc12. The van der Waals surface area contributed by atoms with Crippen LogP contribution in [0.5, 0.6) is 0 Å². The second-order valence-corrected chi connectivity index (χ2v) is 13.3. The van der Waals surface area contributed by atoms with Gasteiger partial charge in [-0.3, -0.25) is 19.9 Å². The highest BCUT2D eigenvalue weighted by Gasteiger charge is 2.16. The number of pyridine rings is 3. The molecule has 0 saturated carbocycles. The Morgan fingerprint density at radius 3 is 1.84 bits per heavy atom. The lowest BCUT2D eigenvalue weighted by atomic mass is 9.99. The van der Waals surface area contributed by atoms with Crippen LogP contribution in [0.4, 0.5) is 14.5 Å². The van der Waals surface area contributed by atoms with Crippen molar-refractivity contribution in [1.29, 1.82) is 0 Å². The molecule has 0 N–H and O–H groups in total. The van der Waals surface area contributed by atoms with Crippen molar-refractivity contribution < 1.29 is 8.78 Å². The molecule has 0 atom stereocenters. The molecule has 0 bridgehead atoms. The highest BCUT2D eigenvalue weighted by Crippen LogP contribution is 2.34. The largest absolute Gasteiger partial charge is 0.258 e. The molecule has 9 rings (SSSR count). The Hall–Kier alpha value is -7.39. The molecule has 9 aromatic rings. The predicted molar refractivity (Wildman–Crippen MR) is 220 cm³/mol. The van der Waals surface area contributed by atoms with Gasteiger partial charge < -0.3 is 0 Å². The molecule has 0 fully saturated rings. The van der Waals surface area contributed by atoms with Gasteiger partial charge in [0.15, 0.2) is 17.5 Å². The number of fused-ring (bicyclic) bond motifs is 4. The standard InChI is InChI=1S/C47H31F2N7/c1-2-3-21-50-43-35(17-14-31-6-4-22-51-41(31)43)25-29-8-10-33(11-9-29)45-54-46(56-47(55-45)36-26-37(48)28-38(49)27-36)34-15-12-30(13-16-34)39-20-24-53-44-40(39)19-18-32-7-5-23-52-42(32)44/h2,4-24,26-28H,1,3,25H2. The fourth-order valence-corrected chi connectivity index (χ4v) is 6.92. The Kier molecular flexibility index (Phi) is 9.08. The van der Waals surface area contributed by atoms with Crippen LogP contribution in [-0.4, -0.2) is 36.1 Å². The predicted octanol–water partition coefficient (Wildman–Crippen LogP) is 11.3. The van der Waals surface area contributed by atoms with Crippen LogP contribution in [0.15, 0.2) is 158 Å². The third kappa shape index (κ3) is 6.78. The average molecular weight is 732 g/mol. The summed E-state index contributed by atoms with van der Waals surface area (Å²) in [5.41, 5.74) is 9.07. The zero-order chi connectivity index (χ0) is 38.0. The highest BCUT2D eigenvalue weighted by molar-refractivity contribution is 6.08. The van der Waals surface area contributed by atoms with Gasteiger partial charge in [-0.15, -0.1) is 6.58 Å². The molecule has 56 heavy (non-hydrogen) atoms. The van der Waals surface area contributed by atoms with Gasteiger partial charge in [0.25, 0.3) is 0 Å². The third-order valence-corrected chi connectivity index (χ3v) is 9.62. The van der Waals surface area contributed by atoms with Gasteiger partial charge in [0.1, 0.15) is 11.6 Å². The van der Waals surface area contributed by atoms with E-state index in [1.807, 2.05) is 91.2 Å².